The van der Waals surface area contributed by atoms with Crippen molar-refractivity contribution in [3.05, 3.63) is 0 Å². The molecular formula is C14H30N2O2S. The molecule has 1 fully saturated rings. The lowest BCUT2D eigenvalue weighted by Crippen LogP contribution is -2.42. The molecule has 1 heterocycles. The molecule has 1 rings (SSSR count). The van der Waals surface area contributed by atoms with Gasteiger partial charge in [0.2, 0.25) is 0 Å². The molecule has 5 heteroatoms. The van der Waals surface area contributed by atoms with E-state index in [1.54, 1.807) is 13.8 Å². The van der Waals surface area contributed by atoms with Crippen molar-refractivity contribution in [1.82, 2.24) is 10.2 Å². The molecule has 1 N–H and O–H groups in total. The summed E-state index contributed by atoms with van der Waals surface area (Å²) in [4.78, 5) is 2.31. The van der Waals surface area contributed by atoms with Gasteiger partial charge in [0.25, 0.3) is 0 Å². The van der Waals surface area contributed by atoms with E-state index >= 15 is 0 Å². The smallest absolute Gasteiger partial charge is 0.153 e. The highest BCUT2D eigenvalue weighted by molar-refractivity contribution is 7.92. The maximum Gasteiger partial charge on any atom is 0.153 e. The Morgan fingerprint density at radius 1 is 1.26 bits per heavy atom. The summed E-state index contributed by atoms with van der Waals surface area (Å²) in [5.41, 5.74) is 0. The fourth-order valence-electron chi connectivity index (χ4n) is 2.49. The van der Waals surface area contributed by atoms with Gasteiger partial charge in [0.05, 0.1) is 11.0 Å². The summed E-state index contributed by atoms with van der Waals surface area (Å²) in [6.45, 7) is 11.6. The zero-order valence-electron chi connectivity index (χ0n) is 12.9. The summed E-state index contributed by atoms with van der Waals surface area (Å²) in [5.74, 6) is 0.854. The van der Waals surface area contributed by atoms with Crippen LogP contribution < -0.4 is 5.32 Å². The number of sulfone groups is 1. The monoisotopic (exact) mass is 290 g/mol. The second-order valence-corrected chi connectivity index (χ2v) is 9.04. The first-order valence-corrected chi connectivity index (χ1v) is 9.20. The maximum atomic E-state index is 11.9. The molecular weight excluding hydrogens is 260 g/mol. The maximum absolute atomic E-state index is 11.9. The van der Waals surface area contributed by atoms with Crippen LogP contribution in [-0.2, 0) is 9.84 Å². The molecule has 19 heavy (non-hydrogen) atoms. The number of nitrogens with zero attached hydrogens (tertiary/aromatic N) is 1. The number of nitrogens with one attached hydrogen (secondary N) is 1. The van der Waals surface area contributed by atoms with Crippen LogP contribution in [0.15, 0.2) is 0 Å². The zero-order valence-corrected chi connectivity index (χ0v) is 13.7. The minimum Gasteiger partial charge on any atom is -0.313 e. The summed E-state index contributed by atoms with van der Waals surface area (Å²) < 4.78 is 23.8. The largest absolute Gasteiger partial charge is 0.313 e. The third-order valence-electron chi connectivity index (χ3n) is 3.67. The molecule has 1 saturated heterocycles. The summed E-state index contributed by atoms with van der Waals surface area (Å²) >= 11 is 0. The van der Waals surface area contributed by atoms with Crippen LogP contribution in [-0.4, -0.2) is 56.5 Å². The molecule has 0 aliphatic carbocycles. The second-order valence-electron chi connectivity index (χ2n) is 6.36. The van der Waals surface area contributed by atoms with E-state index in [2.05, 4.69) is 24.1 Å². The highest BCUT2D eigenvalue weighted by atomic mass is 32.2. The topological polar surface area (TPSA) is 49.4 Å². The summed E-state index contributed by atoms with van der Waals surface area (Å²) in [5, 5.41) is 3.22. The predicted molar refractivity (Wildman–Crippen MR) is 81.2 cm³/mol. The lowest BCUT2D eigenvalue weighted by molar-refractivity contribution is 0.235. The van der Waals surface area contributed by atoms with Gasteiger partial charge in [-0.2, -0.15) is 0 Å². The predicted octanol–water partition coefficient (Wildman–Crippen LogP) is 1.52. The highest BCUT2D eigenvalue weighted by Gasteiger charge is 2.21. The Bertz CT molecular complexity index is 346. The van der Waals surface area contributed by atoms with Crippen LogP contribution in [0.5, 0.6) is 0 Å². The average Bonchev–Trinajstić information content (AvgIpc) is 2.78. The van der Waals surface area contributed by atoms with Crippen LogP contribution in [0.4, 0.5) is 0 Å². The van der Waals surface area contributed by atoms with Gasteiger partial charge in [-0.1, -0.05) is 13.8 Å². The van der Waals surface area contributed by atoms with Crippen LogP contribution in [0.1, 0.15) is 40.5 Å². The van der Waals surface area contributed by atoms with Crippen molar-refractivity contribution >= 4 is 9.84 Å². The molecule has 0 aromatic rings. The van der Waals surface area contributed by atoms with E-state index in [-0.39, 0.29) is 11.0 Å². The van der Waals surface area contributed by atoms with Gasteiger partial charge >= 0.3 is 0 Å². The van der Waals surface area contributed by atoms with Crippen LogP contribution in [0, 0.1) is 5.92 Å². The van der Waals surface area contributed by atoms with Gasteiger partial charge in [-0.3, -0.25) is 0 Å². The zero-order chi connectivity index (χ0) is 14.5. The molecule has 0 bridgehead atoms. The standard InChI is InChI=1S/C14H30N2O2S/c1-12(2)10-16(11-14-6-5-7-15-14)8-9-19(17,18)13(3)4/h12-15H,5-11H2,1-4H3. The van der Waals surface area contributed by atoms with E-state index < -0.39 is 9.84 Å². The lowest BCUT2D eigenvalue weighted by Gasteiger charge is -2.27. The van der Waals surface area contributed by atoms with Crippen molar-refractivity contribution < 1.29 is 8.42 Å². The summed E-state index contributed by atoms with van der Waals surface area (Å²) in [6.07, 6.45) is 2.45. The quantitative estimate of drug-likeness (QED) is 0.736. The molecule has 1 unspecified atom stereocenters. The van der Waals surface area contributed by atoms with Crippen molar-refractivity contribution in [2.45, 2.75) is 51.8 Å². The minimum absolute atomic E-state index is 0.266. The van der Waals surface area contributed by atoms with E-state index in [1.807, 2.05) is 0 Å². The van der Waals surface area contributed by atoms with E-state index in [9.17, 15) is 8.42 Å². The third kappa shape index (κ3) is 6.23. The van der Waals surface area contributed by atoms with Crippen molar-refractivity contribution in [3.8, 4) is 0 Å². The molecule has 0 amide bonds. The molecule has 0 radical (unpaired) electrons. The molecule has 114 valence electrons. The average molecular weight is 290 g/mol. The van der Waals surface area contributed by atoms with Gasteiger partial charge in [-0.15, -0.1) is 0 Å². The molecule has 1 atom stereocenters. The van der Waals surface area contributed by atoms with Gasteiger partial charge < -0.3 is 10.2 Å². The molecule has 0 spiro atoms. The normalized spacial score (nSPS) is 20.9. The van der Waals surface area contributed by atoms with Crippen LogP contribution in [0.25, 0.3) is 0 Å². The van der Waals surface area contributed by atoms with Crippen molar-refractivity contribution in [3.63, 3.8) is 0 Å². The SMILES string of the molecule is CC(C)CN(CCS(=O)(=O)C(C)C)CC1CCCN1. The second kappa shape index (κ2) is 7.60. The first kappa shape index (κ1) is 16.9. The Balaban J connectivity index is 2.49. The highest BCUT2D eigenvalue weighted by Crippen LogP contribution is 2.10. The first-order chi connectivity index (χ1) is 8.81. The van der Waals surface area contributed by atoms with Gasteiger partial charge in [-0.05, 0) is 39.2 Å². The fourth-order valence-corrected chi connectivity index (χ4v) is 3.47. The Morgan fingerprint density at radius 2 is 1.95 bits per heavy atom. The van der Waals surface area contributed by atoms with E-state index in [1.165, 1.54) is 12.8 Å². The van der Waals surface area contributed by atoms with Gasteiger partial charge in [-0.25, -0.2) is 8.42 Å². The molecule has 1 aliphatic rings. The fraction of sp³-hybridized carbons (Fsp3) is 1.00. The first-order valence-electron chi connectivity index (χ1n) is 7.48. The summed E-state index contributed by atoms with van der Waals surface area (Å²) in [7, 11) is -2.92. The Hall–Kier alpha value is -0.130. The van der Waals surface area contributed by atoms with Crippen molar-refractivity contribution in [1.29, 1.82) is 0 Å². The van der Waals surface area contributed by atoms with Crippen LogP contribution in [0.2, 0.25) is 0 Å². The molecule has 0 aromatic heterocycles. The third-order valence-corrected chi connectivity index (χ3v) is 5.86. The van der Waals surface area contributed by atoms with Gasteiger partial charge in [0, 0.05) is 25.7 Å². The Kier molecular flexibility index (Phi) is 6.77. The summed E-state index contributed by atoms with van der Waals surface area (Å²) in [6, 6.07) is 0.542. The number of rotatable bonds is 8. The minimum atomic E-state index is -2.92. The molecule has 4 nitrogen and oxygen atoms in total. The molecule has 0 saturated carbocycles. The van der Waals surface area contributed by atoms with Gasteiger partial charge in [0.15, 0.2) is 9.84 Å². The van der Waals surface area contributed by atoms with E-state index in [0.29, 0.717) is 18.5 Å². The lowest BCUT2D eigenvalue weighted by atomic mass is 10.1. The van der Waals surface area contributed by atoms with Crippen molar-refractivity contribution in [2.75, 3.05) is 31.9 Å². The number of hydrogen-bond acceptors (Lipinski definition) is 4. The van der Waals surface area contributed by atoms with Gasteiger partial charge in [0.1, 0.15) is 0 Å². The Labute approximate surface area is 118 Å². The molecule has 1 aliphatic heterocycles. The molecule has 0 aromatic carbocycles. The van der Waals surface area contributed by atoms with Crippen LogP contribution in [0.3, 0.4) is 0 Å². The number of hydrogen-bond donors (Lipinski definition) is 1. The van der Waals surface area contributed by atoms with E-state index in [4.69, 9.17) is 0 Å². The van der Waals surface area contributed by atoms with Crippen LogP contribution >= 0.6 is 0 Å². The van der Waals surface area contributed by atoms with E-state index in [0.717, 1.165) is 19.6 Å². The van der Waals surface area contributed by atoms with Crippen molar-refractivity contribution in [2.24, 2.45) is 5.92 Å². The Morgan fingerprint density at radius 3 is 2.42 bits per heavy atom.